The summed E-state index contributed by atoms with van der Waals surface area (Å²) in [7, 11) is -2.96. The van der Waals surface area contributed by atoms with Crippen LogP contribution >= 0.6 is 11.6 Å². The van der Waals surface area contributed by atoms with Crippen molar-refractivity contribution in [1.82, 2.24) is 24.9 Å². The van der Waals surface area contributed by atoms with E-state index >= 15 is 0 Å². The Morgan fingerprint density at radius 1 is 1.07 bits per heavy atom. The Hall–Kier alpha value is -3.72. The summed E-state index contributed by atoms with van der Waals surface area (Å²) in [4.78, 5) is 44.4. The van der Waals surface area contributed by atoms with Gasteiger partial charge in [-0.1, -0.05) is 65.0 Å². The quantitative estimate of drug-likeness (QED) is 0.161. The van der Waals surface area contributed by atoms with Gasteiger partial charge >= 0.3 is 6.09 Å². The van der Waals surface area contributed by atoms with Crippen LogP contribution in [0, 0.1) is 11.3 Å². The van der Waals surface area contributed by atoms with Crippen molar-refractivity contribution < 1.29 is 32.6 Å². The normalized spacial score (nSPS) is 14.1. The van der Waals surface area contributed by atoms with E-state index in [0.717, 1.165) is 5.56 Å². The van der Waals surface area contributed by atoms with Crippen molar-refractivity contribution in [3.05, 3.63) is 54.1 Å². The van der Waals surface area contributed by atoms with Crippen LogP contribution in [0.1, 0.15) is 40.2 Å². The number of carbonyl (C=O) groups is 3. The number of hydrogen-bond donors (Lipinski definition) is 5. The van der Waals surface area contributed by atoms with Gasteiger partial charge in [0.1, 0.15) is 11.9 Å². The zero-order chi connectivity index (χ0) is 34.2. The van der Waals surface area contributed by atoms with E-state index in [4.69, 9.17) is 11.6 Å². The van der Waals surface area contributed by atoms with Crippen molar-refractivity contribution >= 4 is 56.5 Å². The van der Waals surface area contributed by atoms with Crippen molar-refractivity contribution in [2.24, 2.45) is 11.3 Å². The molecule has 15 heteroatoms. The van der Waals surface area contributed by atoms with Crippen LogP contribution in [-0.4, -0.2) is 90.0 Å². The van der Waals surface area contributed by atoms with E-state index in [1.54, 1.807) is 20.8 Å². The van der Waals surface area contributed by atoms with Gasteiger partial charge in [0, 0.05) is 13.1 Å². The number of nitrogens with zero attached hydrogens (tertiary/aromatic N) is 2. The molecule has 0 aliphatic heterocycles. The Balaban J connectivity index is 1.94. The summed E-state index contributed by atoms with van der Waals surface area (Å²) in [6.45, 7) is 8.83. The lowest BCUT2D eigenvalue weighted by molar-refractivity contribution is -0.131. The Bertz CT molecular complexity index is 1610. The monoisotopic (exact) mass is 678 g/mol. The standard InChI is InChI=1S/C31H43ClN6O7S/c1-19(2)17-38(46(43,44)21-12-13-22-23(15-21)35-29(34-22)37-30(42)45-6)18-25(39)24(14-20-10-8-7-9-11-20)33-28(41)27(31(3,4)5)36-26(40)16-32/h7-13,15,19,24-25,27,39H,14,16-18H2,1-6H3,(H,33,41)(H,36,40)(H2,34,35,37,42)/t24-,25?,27+/m0/s1. The fourth-order valence-corrected chi connectivity index (χ4v) is 6.54. The number of aromatic nitrogens is 2. The van der Waals surface area contributed by atoms with Crippen molar-refractivity contribution in [2.45, 2.75) is 64.1 Å². The second-order valence-corrected chi connectivity index (χ2v) is 14.7. The summed E-state index contributed by atoms with van der Waals surface area (Å²) < 4.78 is 33.8. The molecular formula is C31H43ClN6O7S. The third kappa shape index (κ3) is 9.89. The van der Waals surface area contributed by atoms with E-state index in [0.29, 0.717) is 11.0 Å². The molecule has 1 aromatic heterocycles. The molecule has 3 atom stereocenters. The van der Waals surface area contributed by atoms with Gasteiger partial charge in [-0.15, -0.1) is 11.6 Å². The maximum Gasteiger partial charge on any atom is 0.413 e. The average molecular weight is 679 g/mol. The van der Waals surface area contributed by atoms with Crippen LogP contribution < -0.4 is 16.0 Å². The molecule has 0 fully saturated rings. The third-order valence-corrected chi connectivity index (χ3v) is 9.17. The van der Waals surface area contributed by atoms with Gasteiger partial charge in [0.25, 0.3) is 0 Å². The molecule has 3 amide bonds. The largest absolute Gasteiger partial charge is 0.453 e. The predicted molar refractivity (Wildman–Crippen MR) is 176 cm³/mol. The number of aliphatic hydroxyl groups excluding tert-OH is 1. The summed E-state index contributed by atoms with van der Waals surface area (Å²) in [6, 6.07) is 11.6. The lowest BCUT2D eigenvalue weighted by Crippen LogP contribution is -2.59. The summed E-state index contributed by atoms with van der Waals surface area (Å²) in [5, 5.41) is 19.5. The summed E-state index contributed by atoms with van der Waals surface area (Å²) >= 11 is 5.69. The number of H-pyrrole nitrogens is 1. The van der Waals surface area contributed by atoms with E-state index in [9.17, 15) is 27.9 Å². The number of rotatable bonds is 14. The number of carbonyl (C=O) groups excluding carboxylic acids is 3. The molecule has 3 rings (SSSR count). The fraction of sp³-hybridized carbons (Fsp3) is 0.484. The zero-order valence-electron chi connectivity index (χ0n) is 26.8. The molecule has 3 aromatic rings. The Morgan fingerprint density at radius 3 is 2.33 bits per heavy atom. The lowest BCUT2D eigenvalue weighted by atomic mass is 9.85. The minimum absolute atomic E-state index is 0.0543. The molecule has 1 unspecified atom stereocenters. The van der Waals surface area contributed by atoms with Crippen molar-refractivity contribution in [1.29, 1.82) is 0 Å². The first-order valence-electron chi connectivity index (χ1n) is 14.8. The number of halogens is 1. The fourth-order valence-electron chi connectivity index (χ4n) is 4.81. The van der Waals surface area contributed by atoms with E-state index < -0.39 is 51.5 Å². The Labute approximate surface area is 274 Å². The molecule has 46 heavy (non-hydrogen) atoms. The topological polar surface area (TPSA) is 183 Å². The van der Waals surface area contributed by atoms with Crippen LogP contribution in [0.15, 0.2) is 53.4 Å². The highest BCUT2D eigenvalue weighted by Crippen LogP contribution is 2.24. The number of benzene rings is 2. The number of fused-ring (bicyclic) bond motifs is 1. The SMILES string of the molecule is COC(=O)Nc1nc2ccc(S(=O)(=O)N(CC(C)C)CC(O)[C@H](Cc3ccccc3)NC(=O)[C@@H](NC(=O)CCl)C(C)(C)C)cc2[nH]1. The highest BCUT2D eigenvalue weighted by Gasteiger charge is 2.36. The van der Waals surface area contributed by atoms with E-state index in [2.05, 4.69) is 30.7 Å². The van der Waals surface area contributed by atoms with Crippen LogP contribution in [0.5, 0.6) is 0 Å². The molecule has 0 saturated heterocycles. The van der Waals surface area contributed by atoms with Gasteiger partial charge in [-0.2, -0.15) is 4.31 Å². The van der Waals surface area contributed by atoms with Crippen LogP contribution in [0.25, 0.3) is 11.0 Å². The van der Waals surface area contributed by atoms with Gasteiger partial charge in [0.05, 0.1) is 35.2 Å². The summed E-state index contributed by atoms with van der Waals surface area (Å²) in [6.07, 6.45) is -1.88. The molecule has 0 bridgehead atoms. The zero-order valence-corrected chi connectivity index (χ0v) is 28.4. The first kappa shape index (κ1) is 36.7. The van der Waals surface area contributed by atoms with E-state index in [1.165, 1.54) is 29.6 Å². The number of imidazole rings is 1. The maximum absolute atomic E-state index is 14.0. The minimum atomic E-state index is -4.17. The number of alkyl halides is 1. The maximum atomic E-state index is 14.0. The highest BCUT2D eigenvalue weighted by molar-refractivity contribution is 7.89. The minimum Gasteiger partial charge on any atom is -0.453 e. The van der Waals surface area contributed by atoms with Gasteiger partial charge in [0.2, 0.25) is 27.8 Å². The average Bonchev–Trinajstić information content (AvgIpc) is 3.40. The number of hydrogen-bond acceptors (Lipinski definition) is 8. The number of aromatic amines is 1. The molecule has 0 radical (unpaired) electrons. The molecule has 252 valence electrons. The van der Waals surface area contributed by atoms with Gasteiger partial charge in [-0.25, -0.2) is 18.2 Å². The molecule has 0 aliphatic rings. The molecule has 2 aromatic carbocycles. The first-order chi connectivity index (χ1) is 21.5. The van der Waals surface area contributed by atoms with Crippen LogP contribution in [-0.2, 0) is 30.8 Å². The Morgan fingerprint density at radius 2 is 1.74 bits per heavy atom. The second kappa shape index (κ2) is 15.7. The molecular weight excluding hydrogens is 636 g/mol. The summed E-state index contributed by atoms with van der Waals surface area (Å²) in [5.41, 5.74) is 0.891. The Kier molecular flexibility index (Phi) is 12.6. The number of aliphatic hydroxyl groups is 1. The van der Waals surface area contributed by atoms with E-state index in [1.807, 2.05) is 44.2 Å². The third-order valence-electron chi connectivity index (χ3n) is 7.10. The first-order valence-corrected chi connectivity index (χ1v) is 16.7. The second-order valence-electron chi connectivity index (χ2n) is 12.5. The number of anilines is 1. The predicted octanol–water partition coefficient (Wildman–Crippen LogP) is 3.25. The molecule has 1 heterocycles. The smallest absolute Gasteiger partial charge is 0.413 e. The van der Waals surface area contributed by atoms with Gasteiger partial charge in [-0.05, 0) is 41.5 Å². The van der Waals surface area contributed by atoms with Crippen molar-refractivity contribution in [3.63, 3.8) is 0 Å². The molecule has 0 spiro atoms. The molecule has 13 nitrogen and oxygen atoms in total. The molecule has 0 saturated carbocycles. The van der Waals surface area contributed by atoms with E-state index in [-0.39, 0.29) is 42.2 Å². The number of methoxy groups -OCH3 is 1. The van der Waals surface area contributed by atoms with Crippen molar-refractivity contribution in [2.75, 3.05) is 31.4 Å². The van der Waals surface area contributed by atoms with Crippen LogP contribution in [0.3, 0.4) is 0 Å². The van der Waals surface area contributed by atoms with Crippen molar-refractivity contribution in [3.8, 4) is 0 Å². The number of nitrogens with one attached hydrogen (secondary N) is 4. The highest BCUT2D eigenvalue weighted by atomic mass is 35.5. The lowest BCUT2D eigenvalue weighted by Gasteiger charge is -2.34. The number of ether oxygens (including phenoxy) is 1. The van der Waals surface area contributed by atoms with Crippen LogP contribution in [0.2, 0.25) is 0 Å². The molecule has 5 N–H and O–H groups in total. The van der Waals surface area contributed by atoms with Crippen LogP contribution in [0.4, 0.5) is 10.7 Å². The van der Waals surface area contributed by atoms with Gasteiger partial charge in [-0.3, -0.25) is 14.9 Å². The number of sulfonamides is 1. The summed E-state index contributed by atoms with van der Waals surface area (Å²) in [5.74, 6) is -1.40. The molecule has 0 aliphatic carbocycles. The van der Waals surface area contributed by atoms with Gasteiger partial charge < -0.3 is 25.5 Å². The number of amides is 3. The van der Waals surface area contributed by atoms with Gasteiger partial charge in [0.15, 0.2) is 0 Å².